The van der Waals surface area contributed by atoms with Gasteiger partial charge in [-0.15, -0.1) is 0 Å². The second-order valence-corrected chi connectivity index (χ2v) is 4.77. The van der Waals surface area contributed by atoms with Crippen LogP contribution in [0.3, 0.4) is 0 Å². The van der Waals surface area contributed by atoms with Crippen molar-refractivity contribution >= 4 is 10.9 Å². The largest absolute Gasteiger partial charge is 0.497 e. The summed E-state index contributed by atoms with van der Waals surface area (Å²) in [6, 6.07) is 12.2. The molecule has 0 saturated carbocycles. The van der Waals surface area contributed by atoms with Crippen LogP contribution in [0, 0.1) is 0 Å². The van der Waals surface area contributed by atoms with Gasteiger partial charge in [0, 0.05) is 31.2 Å². The van der Waals surface area contributed by atoms with Crippen LogP contribution in [0.15, 0.2) is 42.6 Å². The molecule has 2 N–H and O–H groups in total. The van der Waals surface area contributed by atoms with E-state index in [4.69, 9.17) is 10.5 Å². The number of rotatable bonds is 3. The molecule has 3 rings (SSSR count). The molecule has 0 aliphatic carbocycles. The third-order valence-electron chi connectivity index (χ3n) is 3.58. The molecular weight excluding hydrogens is 250 g/mol. The number of fused-ring (bicyclic) bond motifs is 1. The van der Waals surface area contributed by atoms with E-state index in [0.29, 0.717) is 6.54 Å². The molecule has 0 unspecified atom stereocenters. The molecule has 0 radical (unpaired) electrons. The average molecular weight is 267 g/mol. The van der Waals surface area contributed by atoms with Gasteiger partial charge in [-0.2, -0.15) is 0 Å². The first-order chi connectivity index (χ1) is 9.72. The Kier molecular flexibility index (Phi) is 3.16. The molecule has 0 spiro atoms. The van der Waals surface area contributed by atoms with Crippen molar-refractivity contribution in [3.8, 4) is 17.1 Å². The summed E-state index contributed by atoms with van der Waals surface area (Å²) >= 11 is 0. The maximum atomic E-state index is 5.70. The number of hydrogen-bond acceptors (Lipinski definition) is 3. The Morgan fingerprint density at radius 2 is 2.05 bits per heavy atom. The second kappa shape index (κ2) is 4.98. The lowest BCUT2D eigenvalue weighted by Crippen LogP contribution is -1.99. The van der Waals surface area contributed by atoms with Crippen LogP contribution in [0.2, 0.25) is 0 Å². The van der Waals surface area contributed by atoms with Crippen molar-refractivity contribution in [3.05, 3.63) is 48.2 Å². The fourth-order valence-corrected chi connectivity index (χ4v) is 2.42. The first-order valence-corrected chi connectivity index (χ1v) is 6.52. The number of pyridine rings is 1. The summed E-state index contributed by atoms with van der Waals surface area (Å²) in [6.45, 7) is 0.521. The van der Waals surface area contributed by atoms with Crippen molar-refractivity contribution in [2.75, 3.05) is 7.11 Å². The Balaban J connectivity index is 2.18. The second-order valence-electron chi connectivity index (χ2n) is 4.77. The summed E-state index contributed by atoms with van der Waals surface area (Å²) in [5.41, 5.74) is 9.91. The van der Waals surface area contributed by atoms with E-state index in [1.54, 1.807) is 13.3 Å². The molecule has 0 saturated heterocycles. The number of methoxy groups -OCH3 is 1. The van der Waals surface area contributed by atoms with Crippen LogP contribution < -0.4 is 10.5 Å². The molecule has 0 aliphatic heterocycles. The quantitative estimate of drug-likeness (QED) is 0.793. The topological polar surface area (TPSA) is 53.1 Å². The molecular formula is C16H17N3O. The van der Waals surface area contributed by atoms with Gasteiger partial charge in [0.2, 0.25) is 0 Å². The first-order valence-electron chi connectivity index (χ1n) is 6.52. The Hall–Kier alpha value is -2.33. The maximum Gasteiger partial charge on any atom is 0.120 e. The molecule has 0 fully saturated rings. The van der Waals surface area contributed by atoms with Crippen LogP contribution in [-0.2, 0) is 13.6 Å². The maximum absolute atomic E-state index is 5.70. The third-order valence-corrected chi connectivity index (χ3v) is 3.58. The number of aromatic nitrogens is 2. The number of hydrogen-bond donors (Lipinski definition) is 1. The van der Waals surface area contributed by atoms with Crippen molar-refractivity contribution in [3.63, 3.8) is 0 Å². The molecule has 1 aromatic carbocycles. The molecule has 2 heterocycles. The Morgan fingerprint density at radius 1 is 1.20 bits per heavy atom. The molecule has 0 atom stereocenters. The van der Waals surface area contributed by atoms with E-state index in [2.05, 4.69) is 21.7 Å². The lowest BCUT2D eigenvalue weighted by molar-refractivity contribution is 0.415. The molecule has 4 nitrogen and oxygen atoms in total. The van der Waals surface area contributed by atoms with Crippen molar-refractivity contribution < 1.29 is 4.74 Å². The average Bonchev–Trinajstić information content (AvgIpc) is 2.84. The summed E-state index contributed by atoms with van der Waals surface area (Å²) in [5, 5.41) is 1.17. The van der Waals surface area contributed by atoms with E-state index >= 15 is 0 Å². The van der Waals surface area contributed by atoms with Gasteiger partial charge < -0.3 is 15.0 Å². The van der Waals surface area contributed by atoms with Gasteiger partial charge in [-0.05, 0) is 35.9 Å². The zero-order chi connectivity index (χ0) is 14.1. The molecule has 4 heteroatoms. The minimum Gasteiger partial charge on any atom is -0.497 e. The van der Waals surface area contributed by atoms with E-state index in [0.717, 1.165) is 28.2 Å². The minimum absolute atomic E-state index is 0.521. The monoisotopic (exact) mass is 267 g/mol. The van der Waals surface area contributed by atoms with Gasteiger partial charge in [0.15, 0.2) is 0 Å². The fraction of sp³-hybridized carbons (Fsp3) is 0.188. The zero-order valence-corrected chi connectivity index (χ0v) is 11.6. The van der Waals surface area contributed by atoms with E-state index < -0.39 is 0 Å². The molecule has 102 valence electrons. The van der Waals surface area contributed by atoms with Crippen LogP contribution in [0.4, 0.5) is 0 Å². The SMILES string of the molecule is COc1ccc2cc(-c3cc(CN)ccn3)n(C)c2c1. The van der Waals surface area contributed by atoms with Crippen LogP contribution in [0.5, 0.6) is 5.75 Å². The first kappa shape index (κ1) is 12.7. The van der Waals surface area contributed by atoms with Gasteiger partial charge in [-0.3, -0.25) is 4.98 Å². The van der Waals surface area contributed by atoms with Crippen molar-refractivity contribution in [1.82, 2.24) is 9.55 Å². The minimum atomic E-state index is 0.521. The highest BCUT2D eigenvalue weighted by Crippen LogP contribution is 2.28. The van der Waals surface area contributed by atoms with E-state index in [1.807, 2.05) is 31.3 Å². The summed E-state index contributed by atoms with van der Waals surface area (Å²) in [6.07, 6.45) is 1.80. The molecule has 0 bridgehead atoms. The summed E-state index contributed by atoms with van der Waals surface area (Å²) in [4.78, 5) is 4.45. The third kappa shape index (κ3) is 2.04. The number of nitrogens with two attached hydrogens (primary N) is 1. The molecule has 2 aromatic heterocycles. The Labute approximate surface area is 117 Å². The number of benzene rings is 1. The standard InChI is InChI=1S/C16H17N3O/c1-19-15-9-13(20-2)4-3-12(15)8-16(19)14-7-11(10-17)5-6-18-14/h3-9H,10,17H2,1-2H3. The van der Waals surface area contributed by atoms with Crippen LogP contribution in [0.1, 0.15) is 5.56 Å². The highest BCUT2D eigenvalue weighted by Gasteiger charge is 2.10. The normalized spacial score (nSPS) is 10.9. The van der Waals surface area contributed by atoms with Gasteiger partial charge >= 0.3 is 0 Å². The Bertz CT molecular complexity index is 762. The number of aryl methyl sites for hydroxylation is 1. The molecule has 20 heavy (non-hydrogen) atoms. The molecule has 0 amide bonds. The van der Waals surface area contributed by atoms with Gasteiger partial charge in [-0.1, -0.05) is 0 Å². The Morgan fingerprint density at radius 3 is 2.80 bits per heavy atom. The lowest BCUT2D eigenvalue weighted by atomic mass is 10.2. The highest BCUT2D eigenvalue weighted by molar-refractivity contribution is 5.87. The number of ether oxygens (including phenoxy) is 1. The van der Waals surface area contributed by atoms with Crippen LogP contribution >= 0.6 is 0 Å². The van der Waals surface area contributed by atoms with Gasteiger partial charge in [0.1, 0.15) is 5.75 Å². The highest BCUT2D eigenvalue weighted by atomic mass is 16.5. The van der Waals surface area contributed by atoms with E-state index in [-0.39, 0.29) is 0 Å². The molecule has 0 aliphatic rings. The molecule has 3 aromatic rings. The van der Waals surface area contributed by atoms with E-state index in [1.165, 1.54) is 5.39 Å². The predicted octanol–water partition coefficient (Wildman–Crippen LogP) is 2.71. The van der Waals surface area contributed by atoms with Crippen molar-refractivity contribution in [1.29, 1.82) is 0 Å². The predicted molar refractivity (Wildman–Crippen MR) is 80.6 cm³/mol. The van der Waals surface area contributed by atoms with Gasteiger partial charge in [0.25, 0.3) is 0 Å². The smallest absolute Gasteiger partial charge is 0.120 e. The van der Waals surface area contributed by atoms with Crippen LogP contribution in [0.25, 0.3) is 22.3 Å². The van der Waals surface area contributed by atoms with E-state index in [9.17, 15) is 0 Å². The summed E-state index contributed by atoms with van der Waals surface area (Å²) < 4.78 is 7.41. The zero-order valence-electron chi connectivity index (χ0n) is 11.6. The van der Waals surface area contributed by atoms with Gasteiger partial charge in [0.05, 0.1) is 24.0 Å². The van der Waals surface area contributed by atoms with Crippen molar-refractivity contribution in [2.45, 2.75) is 6.54 Å². The van der Waals surface area contributed by atoms with Gasteiger partial charge in [-0.25, -0.2) is 0 Å². The fourth-order valence-electron chi connectivity index (χ4n) is 2.42. The summed E-state index contributed by atoms with van der Waals surface area (Å²) in [7, 11) is 3.71. The number of nitrogens with zero attached hydrogens (tertiary/aromatic N) is 2. The lowest BCUT2D eigenvalue weighted by Gasteiger charge is -2.06. The van der Waals surface area contributed by atoms with Crippen molar-refractivity contribution in [2.24, 2.45) is 12.8 Å². The van der Waals surface area contributed by atoms with Crippen LogP contribution in [-0.4, -0.2) is 16.7 Å². The summed E-state index contributed by atoms with van der Waals surface area (Å²) in [5.74, 6) is 0.855.